The van der Waals surface area contributed by atoms with Gasteiger partial charge in [-0.05, 0) is 74.6 Å². The Bertz CT molecular complexity index is 1100. The number of ketones is 1. The number of hydrogen-bond acceptors (Lipinski definition) is 6. The Labute approximate surface area is 213 Å². The smallest absolute Gasteiger partial charge is 0.295 e. The van der Waals surface area contributed by atoms with Crippen molar-refractivity contribution in [3.8, 4) is 11.5 Å². The predicted molar refractivity (Wildman–Crippen MR) is 139 cm³/mol. The van der Waals surface area contributed by atoms with E-state index < -0.39 is 17.7 Å². The number of ether oxygens (including phenoxy) is 3. The number of aryl methyl sites for hydroxylation is 1. The lowest BCUT2D eigenvalue weighted by atomic mass is 9.94. The molecule has 2 aromatic rings. The Morgan fingerprint density at radius 3 is 2.33 bits per heavy atom. The molecule has 1 atom stereocenters. The number of amides is 1. The van der Waals surface area contributed by atoms with Crippen molar-refractivity contribution in [1.82, 2.24) is 4.90 Å². The lowest BCUT2D eigenvalue weighted by Crippen LogP contribution is -2.31. The summed E-state index contributed by atoms with van der Waals surface area (Å²) in [4.78, 5) is 27.8. The second-order valence-electron chi connectivity index (χ2n) is 9.76. The molecule has 1 aliphatic heterocycles. The zero-order chi connectivity index (χ0) is 26.4. The third-order valence-electron chi connectivity index (χ3n) is 5.88. The second-order valence-corrected chi connectivity index (χ2v) is 9.76. The van der Waals surface area contributed by atoms with Crippen LogP contribution in [0.1, 0.15) is 56.8 Å². The van der Waals surface area contributed by atoms with Gasteiger partial charge in [0.05, 0.1) is 24.3 Å². The number of hydrogen-bond donors (Lipinski definition) is 1. The van der Waals surface area contributed by atoms with Crippen LogP contribution in [0.15, 0.2) is 48.0 Å². The largest absolute Gasteiger partial charge is 0.507 e. The third kappa shape index (κ3) is 6.26. The number of likely N-dealkylation sites (tertiary alicyclic amines) is 1. The van der Waals surface area contributed by atoms with Crippen LogP contribution < -0.4 is 9.47 Å². The van der Waals surface area contributed by atoms with Crippen LogP contribution in [-0.2, 0) is 14.3 Å². The number of aliphatic hydroxyl groups is 1. The number of aliphatic hydroxyl groups excluding tert-OH is 1. The summed E-state index contributed by atoms with van der Waals surface area (Å²) in [6, 6.07) is 11.9. The fraction of sp³-hybridized carbons (Fsp3) is 0.448. The summed E-state index contributed by atoms with van der Waals surface area (Å²) < 4.78 is 16.7. The van der Waals surface area contributed by atoms with Gasteiger partial charge in [0.1, 0.15) is 17.3 Å². The SMILES string of the molecule is COCCCN1C(=O)C(=O)/C(=C(\O)c2ccc(OCC(C)C)c(C)c2)C1c1ccc(OC(C)C)cc1. The minimum Gasteiger partial charge on any atom is -0.507 e. The van der Waals surface area contributed by atoms with Crippen molar-refractivity contribution in [3.63, 3.8) is 0 Å². The highest BCUT2D eigenvalue weighted by Gasteiger charge is 2.45. The van der Waals surface area contributed by atoms with Gasteiger partial charge in [-0.3, -0.25) is 9.59 Å². The topological polar surface area (TPSA) is 85.3 Å². The molecule has 0 spiro atoms. The van der Waals surface area contributed by atoms with Gasteiger partial charge >= 0.3 is 0 Å². The average Bonchev–Trinajstić information content (AvgIpc) is 3.08. The van der Waals surface area contributed by atoms with E-state index in [0.717, 1.165) is 16.9 Å². The second kappa shape index (κ2) is 12.1. The summed E-state index contributed by atoms with van der Waals surface area (Å²) in [7, 11) is 1.59. The van der Waals surface area contributed by atoms with E-state index in [-0.39, 0.29) is 17.4 Å². The lowest BCUT2D eigenvalue weighted by molar-refractivity contribution is -0.140. The summed E-state index contributed by atoms with van der Waals surface area (Å²) in [5.74, 6) is 0.261. The van der Waals surface area contributed by atoms with Crippen molar-refractivity contribution in [2.45, 2.75) is 53.2 Å². The van der Waals surface area contributed by atoms with E-state index in [1.807, 2.05) is 45.0 Å². The van der Waals surface area contributed by atoms with Gasteiger partial charge in [-0.2, -0.15) is 0 Å². The lowest BCUT2D eigenvalue weighted by Gasteiger charge is -2.25. The van der Waals surface area contributed by atoms with Gasteiger partial charge in [0, 0.05) is 25.8 Å². The highest BCUT2D eigenvalue weighted by atomic mass is 16.5. The molecule has 1 heterocycles. The van der Waals surface area contributed by atoms with Gasteiger partial charge < -0.3 is 24.2 Å². The van der Waals surface area contributed by atoms with E-state index in [9.17, 15) is 14.7 Å². The molecule has 7 nitrogen and oxygen atoms in total. The van der Waals surface area contributed by atoms with Crippen LogP contribution in [0.5, 0.6) is 11.5 Å². The van der Waals surface area contributed by atoms with Crippen LogP contribution in [0.2, 0.25) is 0 Å². The molecule has 1 unspecified atom stereocenters. The normalized spacial score (nSPS) is 17.3. The van der Waals surface area contributed by atoms with E-state index in [1.165, 1.54) is 4.90 Å². The van der Waals surface area contributed by atoms with Crippen molar-refractivity contribution in [3.05, 3.63) is 64.7 Å². The summed E-state index contributed by atoms with van der Waals surface area (Å²) in [5, 5.41) is 11.3. The van der Waals surface area contributed by atoms with Crippen LogP contribution in [0.3, 0.4) is 0 Å². The zero-order valence-electron chi connectivity index (χ0n) is 22.0. The first-order chi connectivity index (χ1) is 17.1. The Balaban J connectivity index is 2.04. The van der Waals surface area contributed by atoms with E-state index in [2.05, 4.69) is 13.8 Å². The first-order valence-corrected chi connectivity index (χ1v) is 12.4. The molecule has 0 radical (unpaired) electrons. The maximum atomic E-state index is 13.2. The molecule has 0 aliphatic carbocycles. The molecule has 7 heteroatoms. The molecule has 1 aliphatic rings. The van der Waals surface area contributed by atoms with Crippen molar-refractivity contribution >= 4 is 17.4 Å². The molecule has 194 valence electrons. The van der Waals surface area contributed by atoms with Gasteiger partial charge in [0.2, 0.25) is 0 Å². The monoisotopic (exact) mass is 495 g/mol. The van der Waals surface area contributed by atoms with E-state index in [0.29, 0.717) is 43.4 Å². The number of carbonyl (C=O) groups excluding carboxylic acids is 2. The van der Waals surface area contributed by atoms with Gasteiger partial charge in [0.15, 0.2) is 0 Å². The molecule has 1 fully saturated rings. The Hall–Kier alpha value is -3.32. The summed E-state index contributed by atoms with van der Waals surface area (Å²) in [6.45, 7) is 11.3. The fourth-order valence-corrected chi connectivity index (χ4v) is 4.21. The van der Waals surface area contributed by atoms with Crippen LogP contribution in [-0.4, -0.2) is 54.7 Å². The van der Waals surface area contributed by atoms with E-state index in [4.69, 9.17) is 14.2 Å². The molecule has 36 heavy (non-hydrogen) atoms. The molecule has 1 N–H and O–H groups in total. The van der Waals surface area contributed by atoms with Crippen LogP contribution in [0.25, 0.3) is 5.76 Å². The van der Waals surface area contributed by atoms with Crippen molar-refractivity contribution < 1.29 is 28.9 Å². The Kier molecular flexibility index (Phi) is 9.15. The predicted octanol–water partition coefficient (Wildman–Crippen LogP) is 5.28. The van der Waals surface area contributed by atoms with Gasteiger partial charge in [-0.25, -0.2) is 0 Å². The molecular weight excluding hydrogens is 458 g/mol. The maximum Gasteiger partial charge on any atom is 0.295 e. The average molecular weight is 496 g/mol. The summed E-state index contributed by atoms with van der Waals surface area (Å²) in [5.41, 5.74) is 2.09. The number of rotatable bonds is 11. The highest BCUT2D eigenvalue weighted by molar-refractivity contribution is 6.46. The molecule has 0 saturated carbocycles. The summed E-state index contributed by atoms with van der Waals surface area (Å²) in [6.07, 6.45) is 0.585. The van der Waals surface area contributed by atoms with Crippen molar-refractivity contribution in [1.29, 1.82) is 0 Å². The van der Waals surface area contributed by atoms with Crippen LogP contribution in [0, 0.1) is 12.8 Å². The zero-order valence-corrected chi connectivity index (χ0v) is 22.0. The van der Waals surface area contributed by atoms with E-state index in [1.54, 1.807) is 25.3 Å². The minimum absolute atomic E-state index is 0.0197. The Morgan fingerprint density at radius 2 is 1.75 bits per heavy atom. The first kappa shape index (κ1) is 27.3. The van der Waals surface area contributed by atoms with Crippen LogP contribution in [0.4, 0.5) is 0 Å². The first-order valence-electron chi connectivity index (χ1n) is 12.4. The molecule has 1 amide bonds. The van der Waals surface area contributed by atoms with Crippen molar-refractivity contribution in [2.75, 3.05) is 26.9 Å². The molecule has 1 saturated heterocycles. The standard InChI is InChI=1S/C29H37NO6/c1-18(2)17-35-24-13-10-22(16-20(24)5)27(31)25-26(21-8-11-23(12-9-21)36-19(3)4)30(14-7-15-34-6)29(33)28(25)32/h8-13,16,18-19,26,31H,7,14-15,17H2,1-6H3/b27-25-. The number of Topliss-reactive ketones (excluding diaryl/α,β-unsaturated/α-hetero) is 1. The highest BCUT2D eigenvalue weighted by Crippen LogP contribution is 2.40. The van der Waals surface area contributed by atoms with E-state index >= 15 is 0 Å². The summed E-state index contributed by atoms with van der Waals surface area (Å²) >= 11 is 0. The molecule has 0 aromatic heterocycles. The molecule has 0 bridgehead atoms. The minimum atomic E-state index is -0.716. The number of benzene rings is 2. The van der Waals surface area contributed by atoms with Gasteiger partial charge in [-0.1, -0.05) is 26.0 Å². The van der Waals surface area contributed by atoms with Gasteiger partial charge in [0.25, 0.3) is 11.7 Å². The maximum absolute atomic E-state index is 13.2. The number of carbonyl (C=O) groups is 2. The third-order valence-corrected chi connectivity index (χ3v) is 5.88. The quantitative estimate of drug-likeness (QED) is 0.198. The molecule has 3 rings (SSSR count). The van der Waals surface area contributed by atoms with Crippen molar-refractivity contribution in [2.24, 2.45) is 5.92 Å². The molecular formula is C29H37NO6. The van der Waals surface area contributed by atoms with Gasteiger partial charge in [-0.15, -0.1) is 0 Å². The Morgan fingerprint density at radius 1 is 1.06 bits per heavy atom. The number of nitrogens with zero attached hydrogens (tertiary/aromatic N) is 1. The number of methoxy groups -OCH3 is 1. The fourth-order valence-electron chi connectivity index (χ4n) is 4.21. The molecule has 2 aromatic carbocycles. The van der Waals surface area contributed by atoms with Crippen LogP contribution >= 0.6 is 0 Å².